The second-order valence-electron chi connectivity index (χ2n) is 6.51. The van der Waals surface area contributed by atoms with E-state index in [4.69, 9.17) is 4.74 Å². The molecule has 0 heterocycles. The first kappa shape index (κ1) is 25.2. The van der Waals surface area contributed by atoms with Gasteiger partial charge >= 0.3 is 0 Å². The third-order valence-corrected chi connectivity index (χ3v) is 5.24. The smallest absolute Gasteiger partial charge is 0.191 e. The van der Waals surface area contributed by atoms with Gasteiger partial charge in [0, 0.05) is 26.4 Å². The highest BCUT2D eigenvalue weighted by Gasteiger charge is 2.06. The van der Waals surface area contributed by atoms with Crippen LogP contribution in [0.5, 0.6) is 5.75 Å². The first-order chi connectivity index (χ1) is 13.4. The summed E-state index contributed by atoms with van der Waals surface area (Å²) >= 11 is 0. The Kier molecular flexibility index (Phi) is 11.0. The van der Waals surface area contributed by atoms with E-state index in [1.54, 1.807) is 19.2 Å². The molecule has 0 radical (unpaired) electrons. The van der Waals surface area contributed by atoms with Crippen molar-refractivity contribution in [3.8, 4) is 5.75 Å². The van der Waals surface area contributed by atoms with Gasteiger partial charge in [0.15, 0.2) is 15.8 Å². The van der Waals surface area contributed by atoms with Crippen molar-refractivity contribution < 1.29 is 13.2 Å². The van der Waals surface area contributed by atoms with Crippen molar-refractivity contribution in [3.05, 3.63) is 59.7 Å². The molecule has 0 bridgehead atoms. The van der Waals surface area contributed by atoms with Crippen LogP contribution >= 0.6 is 24.0 Å². The van der Waals surface area contributed by atoms with Gasteiger partial charge in [-0.3, -0.25) is 4.99 Å². The Morgan fingerprint density at radius 1 is 1.07 bits per heavy atom. The van der Waals surface area contributed by atoms with Crippen molar-refractivity contribution in [1.29, 1.82) is 0 Å². The number of rotatable bonds is 9. The molecule has 0 fully saturated rings. The molecule has 6 nitrogen and oxygen atoms in total. The lowest BCUT2D eigenvalue weighted by atomic mass is 10.1. The molecule has 0 aromatic heterocycles. The number of aliphatic imine (C=N–C) groups is 1. The van der Waals surface area contributed by atoms with E-state index in [-0.39, 0.29) is 24.0 Å². The average Bonchev–Trinajstić information content (AvgIpc) is 2.69. The van der Waals surface area contributed by atoms with Crippen LogP contribution in [0.25, 0.3) is 0 Å². The summed E-state index contributed by atoms with van der Waals surface area (Å²) in [7, 11) is -1.42. The molecular weight excluding hydrogens is 501 g/mol. The minimum atomic E-state index is -3.15. The maximum absolute atomic E-state index is 11.5. The van der Waals surface area contributed by atoms with Crippen LogP contribution in [-0.2, 0) is 22.8 Å². The fourth-order valence-corrected chi connectivity index (χ4v) is 3.23. The third kappa shape index (κ3) is 9.03. The van der Waals surface area contributed by atoms with Crippen molar-refractivity contribution in [2.24, 2.45) is 4.99 Å². The topological polar surface area (TPSA) is 79.8 Å². The molecule has 2 aromatic carbocycles. The van der Waals surface area contributed by atoms with E-state index in [1.165, 1.54) is 6.26 Å². The molecule has 29 heavy (non-hydrogen) atoms. The van der Waals surface area contributed by atoms with Crippen LogP contribution in [0, 0.1) is 0 Å². The molecule has 2 N–H and O–H groups in total. The van der Waals surface area contributed by atoms with Crippen LogP contribution in [0.4, 0.5) is 0 Å². The van der Waals surface area contributed by atoms with Crippen LogP contribution in [-0.4, -0.2) is 40.8 Å². The first-order valence-corrected chi connectivity index (χ1v) is 11.3. The van der Waals surface area contributed by atoms with Gasteiger partial charge in [0.2, 0.25) is 0 Å². The zero-order valence-corrected chi connectivity index (χ0v) is 20.3. The molecule has 0 amide bonds. The predicted molar refractivity (Wildman–Crippen MR) is 129 cm³/mol. The normalized spacial score (nSPS) is 11.5. The van der Waals surface area contributed by atoms with E-state index in [9.17, 15) is 8.42 Å². The molecule has 0 spiro atoms. The number of hydrogen-bond acceptors (Lipinski definition) is 4. The number of ether oxygens (including phenoxy) is 1. The predicted octanol–water partition coefficient (Wildman–Crippen LogP) is 3.40. The highest BCUT2D eigenvalue weighted by Crippen LogP contribution is 2.13. The lowest BCUT2D eigenvalue weighted by molar-refractivity contribution is 0.317. The fraction of sp³-hybridized carbons (Fsp3) is 0.381. The van der Waals surface area contributed by atoms with E-state index >= 15 is 0 Å². The lowest BCUT2D eigenvalue weighted by Crippen LogP contribution is -2.37. The molecule has 0 aliphatic carbocycles. The van der Waals surface area contributed by atoms with E-state index in [1.807, 2.05) is 36.4 Å². The summed E-state index contributed by atoms with van der Waals surface area (Å²) in [6.07, 6.45) is 2.96. The minimum absolute atomic E-state index is 0. The van der Waals surface area contributed by atoms with Crippen molar-refractivity contribution in [2.75, 3.05) is 26.5 Å². The number of guanidine groups is 1. The largest absolute Gasteiger partial charge is 0.494 e. The number of nitrogens with one attached hydrogen (secondary N) is 2. The maximum Gasteiger partial charge on any atom is 0.191 e. The Hall–Kier alpha value is -1.81. The average molecular weight is 531 g/mol. The van der Waals surface area contributed by atoms with Crippen molar-refractivity contribution >= 4 is 39.8 Å². The van der Waals surface area contributed by atoms with Crippen molar-refractivity contribution in [3.63, 3.8) is 0 Å². The summed E-state index contributed by atoms with van der Waals surface area (Å²) in [4.78, 5) is 4.58. The number of nitrogens with zero attached hydrogens (tertiary/aromatic N) is 1. The molecule has 0 atom stereocenters. The van der Waals surface area contributed by atoms with E-state index in [2.05, 4.69) is 22.5 Å². The van der Waals surface area contributed by atoms with Crippen LogP contribution in [0.15, 0.2) is 58.4 Å². The molecule has 0 aliphatic heterocycles. The van der Waals surface area contributed by atoms with Gasteiger partial charge in [0.05, 0.1) is 11.5 Å². The Morgan fingerprint density at radius 2 is 1.79 bits per heavy atom. The van der Waals surface area contributed by atoms with E-state index < -0.39 is 9.84 Å². The van der Waals surface area contributed by atoms with Crippen LogP contribution in [0.1, 0.15) is 24.5 Å². The summed E-state index contributed by atoms with van der Waals surface area (Å²) in [5.74, 6) is 1.59. The van der Waals surface area contributed by atoms with Gasteiger partial charge < -0.3 is 15.4 Å². The summed E-state index contributed by atoms with van der Waals surface area (Å²) in [6, 6.07) is 15.0. The molecule has 0 aliphatic rings. The third-order valence-electron chi connectivity index (χ3n) is 4.11. The molecular formula is C21H30IN3O3S. The highest BCUT2D eigenvalue weighted by atomic mass is 127. The molecule has 2 rings (SSSR count). The zero-order chi connectivity index (χ0) is 20.4. The highest BCUT2D eigenvalue weighted by molar-refractivity contribution is 14.0. The number of sulfone groups is 1. The van der Waals surface area contributed by atoms with Gasteiger partial charge in [-0.15, -0.1) is 24.0 Å². The molecule has 0 saturated heterocycles. The van der Waals surface area contributed by atoms with Gasteiger partial charge in [-0.05, 0) is 48.2 Å². The molecule has 0 saturated carbocycles. The second kappa shape index (κ2) is 12.7. The summed E-state index contributed by atoms with van der Waals surface area (Å²) < 4.78 is 28.7. The quantitative estimate of drug-likeness (QED) is 0.295. The van der Waals surface area contributed by atoms with E-state index in [0.29, 0.717) is 30.6 Å². The molecule has 160 valence electrons. The van der Waals surface area contributed by atoms with Gasteiger partial charge in [0.25, 0.3) is 0 Å². The van der Waals surface area contributed by atoms with Crippen LogP contribution < -0.4 is 15.4 Å². The molecule has 2 aromatic rings. The van der Waals surface area contributed by atoms with Gasteiger partial charge in [-0.2, -0.15) is 0 Å². The molecule has 0 unspecified atom stereocenters. The van der Waals surface area contributed by atoms with Crippen molar-refractivity contribution in [2.45, 2.75) is 31.2 Å². The Morgan fingerprint density at radius 3 is 2.41 bits per heavy atom. The van der Waals surface area contributed by atoms with Gasteiger partial charge in [-0.1, -0.05) is 31.2 Å². The monoisotopic (exact) mass is 531 g/mol. The van der Waals surface area contributed by atoms with Crippen molar-refractivity contribution in [1.82, 2.24) is 10.6 Å². The second-order valence-corrected chi connectivity index (χ2v) is 8.53. The van der Waals surface area contributed by atoms with Gasteiger partial charge in [0.1, 0.15) is 5.75 Å². The summed E-state index contributed by atoms with van der Waals surface area (Å²) in [5, 5.41) is 6.56. The van der Waals surface area contributed by atoms with E-state index in [0.717, 1.165) is 29.7 Å². The number of benzene rings is 2. The summed E-state index contributed by atoms with van der Waals surface area (Å²) in [5.41, 5.74) is 2.18. The minimum Gasteiger partial charge on any atom is -0.494 e. The molecule has 8 heteroatoms. The lowest BCUT2D eigenvalue weighted by Gasteiger charge is -2.13. The van der Waals surface area contributed by atoms with Gasteiger partial charge in [-0.25, -0.2) is 8.42 Å². The summed E-state index contributed by atoms with van der Waals surface area (Å²) in [6.45, 7) is 4.13. The Balaban J connectivity index is 0.00000420. The fourth-order valence-electron chi connectivity index (χ4n) is 2.60. The van der Waals surface area contributed by atoms with Crippen LogP contribution in [0.2, 0.25) is 0 Å². The Bertz CT molecular complexity index is 884. The number of hydrogen-bond donors (Lipinski definition) is 2. The Labute approximate surface area is 191 Å². The first-order valence-electron chi connectivity index (χ1n) is 9.37. The van der Waals surface area contributed by atoms with Crippen LogP contribution in [0.3, 0.4) is 0 Å². The zero-order valence-electron chi connectivity index (χ0n) is 17.1. The standard InChI is InChI=1S/C21H29N3O3S.HI/c1-4-14-27-19-7-5-6-18(15-19)16-24-21(22-2)23-13-12-17-8-10-20(11-9-17)28(3,25)26;/h5-11,15H,4,12-14,16H2,1-3H3,(H2,22,23,24);1H. The SMILES string of the molecule is CCCOc1cccc(CNC(=NC)NCCc2ccc(S(C)(=O)=O)cc2)c1.I. The number of halogens is 1. The maximum atomic E-state index is 11.5.